The van der Waals surface area contributed by atoms with Gasteiger partial charge >= 0.3 is 5.97 Å². The fourth-order valence-electron chi connectivity index (χ4n) is 2.95. The smallest absolute Gasteiger partial charge is 0.306 e. The Balaban J connectivity index is 1.90. The zero-order valence-corrected chi connectivity index (χ0v) is 14.2. The molecule has 2 heterocycles. The van der Waals surface area contributed by atoms with Gasteiger partial charge in [0.1, 0.15) is 0 Å². The summed E-state index contributed by atoms with van der Waals surface area (Å²) in [4.78, 5) is 18.5. The van der Waals surface area contributed by atoms with Crippen molar-refractivity contribution < 1.29 is 9.53 Å². The quantitative estimate of drug-likeness (QED) is 0.721. The lowest BCUT2D eigenvalue weighted by molar-refractivity contribution is -0.143. The number of aromatic nitrogens is 1. The predicted molar refractivity (Wildman–Crippen MR) is 86.9 cm³/mol. The van der Waals surface area contributed by atoms with E-state index in [0.29, 0.717) is 24.9 Å². The number of thiazole rings is 1. The lowest BCUT2D eigenvalue weighted by Crippen LogP contribution is -2.26. The summed E-state index contributed by atoms with van der Waals surface area (Å²) in [6.07, 6.45) is 4.83. The topological polar surface area (TPSA) is 42.4 Å². The lowest BCUT2D eigenvalue weighted by Gasteiger charge is -2.26. The lowest BCUT2D eigenvalue weighted by atomic mass is 9.82. The minimum atomic E-state index is -0.135. The molecule has 4 nitrogen and oxygen atoms in total. The molecule has 5 heteroatoms. The van der Waals surface area contributed by atoms with Crippen LogP contribution in [0.25, 0.3) is 0 Å². The Morgan fingerprint density at radius 2 is 2.19 bits per heavy atom. The molecule has 1 saturated heterocycles. The van der Waals surface area contributed by atoms with Crippen molar-refractivity contribution in [2.75, 3.05) is 24.6 Å². The molecule has 0 radical (unpaired) electrons. The second-order valence-corrected chi connectivity index (χ2v) is 6.64. The van der Waals surface area contributed by atoms with Crippen molar-refractivity contribution >= 4 is 22.4 Å². The molecule has 1 aliphatic rings. The zero-order valence-electron chi connectivity index (χ0n) is 13.4. The van der Waals surface area contributed by atoms with E-state index in [1.54, 1.807) is 11.3 Å². The first-order valence-electron chi connectivity index (χ1n) is 7.97. The molecular formula is C16H26N2O2S. The molecule has 21 heavy (non-hydrogen) atoms. The van der Waals surface area contributed by atoms with Crippen LogP contribution in [0.1, 0.15) is 52.1 Å². The van der Waals surface area contributed by atoms with Gasteiger partial charge in [-0.15, -0.1) is 11.3 Å². The Morgan fingerprint density at radius 3 is 2.81 bits per heavy atom. The summed E-state index contributed by atoms with van der Waals surface area (Å²) >= 11 is 1.70. The first-order valence-corrected chi connectivity index (χ1v) is 8.85. The number of aryl methyl sites for hydroxylation is 1. The minimum Gasteiger partial charge on any atom is -0.466 e. The molecule has 0 aromatic carbocycles. The number of esters is 1. The first-order chi connectivity index (χ1) is 10.1. The molecule has 0 N–H and O–H groups in total. The van der Waals surface area contributed by atoms with Gasteiger partial charge in [0.25, 0.3) is 0 Å². The van der Waals surface area contributed by atoms with Gasteiger partial charge in [-0.3, -0.25) is 4.79 Å². The molecule has 0 spiro atoms. The highest BCUT2D eigenvalue weighted by Crippen LogP contribution is 2.39. The van der Waals surface area contributed by atoms with Crippen LogP contribution in [0.4, 0.5) is 5.13 Å². The Bertz CT molecular complexity index is 469. The van der Waals surface area contributed by atoms with Crippen molar-refractivity contribution in [3.63, 3.8) is 0 Å². The van der Waals surface area contributed by atoms with Crippen LogP contribution >= 0.6 is 11.3 Å². The third kappa shape index (κ3) is 3.96. The number of rotatable bonds is 7. The Morgan fingerprint density at radius 1 is 1.43 bits per heavy atom. The van der Waals surface area contributed by atoms with Crippen molar-refractivity contribution in [3.8, 4) is 0 Å². The maximum Gasteiger partial charge on any atom is 0.306 e. The van der Waals surface area contributed by atoms with Crippen LogP contribution in [0.2, 0.25) is 0 Å². The molecule has 0 aliphatic carbocycles. The minimum absolute atomic E-state index is 0.135. The molecule has 1 aromatic heterocycles. The second-order valence-electron chi connectivity index (χ2n) is 5.81. The highest BCUT2D eigenvalue weighted by Gasteiger charge is 2.35. The fourth-order valence-corrected chi connectivity index (χ4v) is 3.83. The zero-order chi connectivity index (χ0) is 15.3. The van der Waals surface area contributed by atoms with Crippen LogP contribution in [-0.4, -0.2) is 30.6 Å². The highest BCUT2D eigenvalue weighted by atomic mass is 32.1. The van der Waals surface area contributed by atoms with Gasteiger partial charge in [0.05, 0.1) is 18.7 Å². The average molecular weight is 310 g/mol. The molecule has 2 rings (SSSR count). The molecule has 0 bridgehead atoms. The van der Waals surface area contributed by atoms with Crippen molar-refractivity contribution in [1.82, 2.24) is 4.98 Å². The monoisotopic (exact) mass is 310 g/mol. The van der Waals surface area contributed by atoms with E-state index in [4.69, 9.17) is 9.72 Å². The molecular weight excluding hydrogens is 284 g/mol. The van der Waals surface area contributed by atoms with Crippen LogP contribution in [0.15, 0.2) is 5.38 Å². The number of carbonyl (C=O) groups excluding carboxylic acids is 1. The van der Waals surface area contributed by atoms with Gasteiger partial charge < -0.3 is 9.64 Å². The maximum atomic E-state index is 11.4. The molecule has 1 fully saturated rings. The highest BCUT2D eigenvalue weighted by molar-refractivity contribution is 7.13. The molecule has 118 valence electrons. The summed E-state index contributed by atoms with van der Waals surface area (Å²) in [6.45, 7) is 9.08. The summed E-state index contributed by atoms with van der Waals surface area (Å²) in [6, 6.07) is 0. The summed E-state index contributed by atoms with van der Waals surface area (Å²) < 4.78 is 4.95. The van der Waals surface area contributed by atoms with Crippen LogP contribution in [-0.2, 0) is 16.0 Å². The Labute approximate surface area is 131 Å². The summed E-state index contributed by atoms with van der Waals surface area (Å²) in [5.74, 6) is -0.135. The normalized spacial score (nSPS) is 17.2. The standard InChI is InChI=1S/C16H26N2O2S/c1-4-16(5-2)9-10-18(12-16)15-17-13(11-21-15)7-8-14(19)20-6-3/h11H,4-10,12H2,1-3H3. The van der Waals surface area contributed by atoms with Crippen molar-refractivity contribution in [2.45, 2.75) is 52.9 Å². The van der Waals surface area contributed by atoms with E-state index >= 15 is 0 Å². The third-order valence-electron chi connectivity index (χ3n) is 4.64. The van der Waals surface area contributed by atoms with Gasteiger partial charge in [-0.05, 0) is 31.6 Å². The van der Waals surface area contributed by atoms with E-state index in [9.17, 15) is 4.79 Å². The largest absolute Gasteiger partial charge is 0.466 e. The summed E-state index contributed by atoms with van der Waals surface area (Å²) in [7, 11) is 0. The van der Waals surface area contributed by atoms with E-state index in [1.807, 2.05) is 6.92 Å². The van der Waals surface area contributed by atoms with Crippen LogP contribution < -0.4 is 4.90 Å². The van der Waals surface area contributed by atoms with Gasteiger partial charge in [-0.2, -0.15) is 0 Å². The van der Waals surface area contributed by atoms with Crippen molar-refractivity contribution in [3.05, 3.63) is 11.1 Å². The SMILES string of the molecule is CCOC(=O)CCc1csc(N2CCC(CC)(CC)C2)n1. The van der Waals surface area contributed by atoms with Crippen molar-refractivity contribution in [1.29, 1.82) is 0 Å². The van der Waals surface area contributed by atoms with Crippen molar-refractivity contribution in [2.24, 2.45) is 5.41 Å². The number of carbonyl (C=O) groups is 1. The fraction of sp³-hybridized carbons (Fsp3) is 0.750. The van der Waals surface area contributed by atoms with E-state index in [2.05, 4.69) is 24.1 Å². The molecule has 0 amide bonds. The van der Waals surface area contributed by atoms with Gasteiger partial charge in [0.15, 0.2) is 5.13 Å². The van der Waals surface area contributed by atoms with Crippen LogP contribution in [0.5, 0.6) is 0 Å². The molecule has 0 unspecified atom stereocenters. The number of ether oxygens (including phenoxy) is 1. The molecule has 0 saturated carbocycles. The van der Waals surface area contributed by atoms with E-state index in [-0.39, 0.29) is 5.97 Å². The summed E-state index contributed by atoms with van der Waals surface area (Å²) in [5, 5.41) is 3.18. The van der Waals surface area contributed by atoms with Gasteiger partial charge in [-0.1, -0.05) is 13.8 Å². The van der Waals surface area contributed by atoms with Gasteiger partial charge in [0, 0.05) is 24.9 Å². The number of nitrogens with zero attached hydrogens (tertiary/aromatic N) is 2. The van der Waals surface area contributed by atoms with Crippen LogP contribution in [0.3, 0.4) is 0 Å². The molecule has 1 aliphatic heterocycles. The molecule has 0 atom stereocenters. The number of hydrogen-bond acceptors (Lipinski definition) is 5. The number of hydrogen-bond donors (Lipinski definition) is 0. The van der Waals surface area contributed by atoms with E-state index in [0.717, 1.165) is 23.9 Å². The van der Waals surface area contributed by atoms with Gasteiger partial charge in [0.2, 0.25) is 0 Å². The van der Waals surface area contributed by atoms with E-state index < -0.39 is 0 Å². The van der Waals surface area contributed by atoms with E-state index in [1.165, 1.54) is 19.3 Å². The third-order valence-corrected chi connectivity index (χ3v) is 5.59. The Kier molecular flexibility index (Phi) is 5.62. The Hall–Kier alpha value is -1.10. The second kappa shape index (κ2) is 7.25. The first kappa shape index (κ1) is 16.3. The number of anilines is 1. The summed E-state index contributed by atoms with van der Waals surface area (Å²) in [5.41, 5.74) is 1.48. The average Bonchev–Trinajstić information content (AvgIpc) is 3.13. The van der Waals surface area contributed by atoms with Crippen LogP contribution in [0, 0.1) is 5.41 Å². The maximum absolute atomic E-state index is 11.4. The van der Waals surface area contributed by atoms with Gasteiger partial charge in [-0.25, -0.2) is 4.98 Å². The predicted octanol–water partition coefficient (Wildman–Crippen LogP) is 3.66. The molecule has 1 aromatic rings.